The van der Waals surface area contributed by atoms with Crippen molar-refractivity contribution in [3.05, 3.63) is 0 Å². The van der Waals surface area contributed by atoms with Crippen LogP contribution in [0.5, 0.6) is 0 Å². The van der Waals surface area contributed by atoms with Crippen LogP contribution in [-0.4, -0.2) is 29.9 Å². The Morgan fingerprint density at radius 1 is 0.882 bits per heavy atom. The highest BCUT2D eigenvalue weighted by Gasteiger charge is 2.03. The molecule has 0 radical (unpaired) electrons. The van der Waals surface area contributed by atoms with Crippen molar-refractivity contribution in [2.24, 2.45) is 5.92 Å². The standard InChI is InChI=1S/C15H32BrN/c1-4-17(14-15(2)3)13-11-9-7-5-6-8-10-12-16/h15H,4-14H2,1-3H3. The fourth-order valence-electron chi connectivity index (χ4n) is 2.21. The van der Waals surface area contributed by atoms with Gasteiger partial charge in [0, 0.05) is 11.9 Å². The Kier molecular flexibility index (Phi) is 13.2. The van der Waals surface area contributed by atoms with Crippen LogP contribution in [0, 0.1) is 5.92 Å². The van der Waals surface area contributed by atoms with Crippen LogP contribution >= 0.6 is 15.9 Å². The summed E-state index contributed by atoms with van der Waals surface area (Å²) < 4.78 is 0. The maximum atomic E-state index is 3.48. The summed E-state index contributed by atoms with van der Waals surface area (Å²) in [6, 6.07) is 0. The van der Waals surface area contributed by atoms with Gasteiger partial charge in [-0.1, -0.05) is 68.8 Å². The van der Waals surface area contributed by atoms with Gasteiger partial charge >= 0.3 is 0 Å². The summed E-state index contributed by atoms with van der Waals surface area (Å²) in [5.74, 6) is 0.805. The molecule has 104 valence electrons. The predicted molar refractivity (Wildman–Crippen MR) is 83.1 cm³/mol. The molecular weight excluding hydrogens is 274 g/mol. The Hall–Kier alpha value is 0.440. The SMILES string of the molecule is CCN(CCCCCCCCCBr)CC(C)C. The molecule has 0 N–H and O–H groups in total. The summed E-state index contributed by atoms with van der Waals surface area (Å²) in [6.07, 6.45) is 9.85. The Labute approximate surface area is 117 Å². The first-order chi connectivity index (χ1) is 8.20. The van der Waals surface area contributed by atoms with Gasteiger partial charge < -0.3 is 4.90 Å². The van der Waals surface area contributed by atoms with Crippen LogP contribution in [-0.2, 0) is 0 Å². The molecule has 0 saturated heterocycles. The van der Waals surface area contributed by atoms with Gasteiger partial charge in [0.15, 0.2) is 0 Å². The number of hydrogen-bond acceptors (Lipinski definition) is 1. The van der Waals surface area contributed by atoms with Gasteiger partial charge in [0.1, 0.15) is 0 Å². The van der Waals surface area contributed by atoms with Gasteiger partial charge in [0.05, 0.1) is 0 Å². The summed E-state index contributed by atoms with van der Waals surface area (Å²) in [7, 11) is 0. The zero-order chi connectivity index (χ0) is 12.9. The monoisotopic (exact) mass is 305 g/mol. The summed E-state index contributed by atoms with van der Waals surface area (Å²) in [5, 5.41) is 1.17. The molecule has 17 heavy (non-hydrogen) atoms. The van der Waals surface area contributed by atoms with E-state index in [0.29, 0.717) is 0 Å². The molecule has 2 heteroatoms. The minimum Gasteiger partial charge on any atom is -0.303 e. The molecule has 1 nitrogen and oxygen atoms in total. The molecule has 0 amide bonds. The molecule has 0 aromatic rings. The second-order valence-electron chi connectivity index (χ2n) is 5.45. The second kappa shape index (κ2) is 12.9. The van der Waals surface area contributed by atoms with Crippen molar-refractivity contribution >= 4 is 15.9 Å². The van der Waals surface area contributed by atoms with Crippen molar-refractivity contribution < 1.29 is 0 Å². The molecule has 0 aliphatic carbocycles. The normalized spacial score (nSPS) is 11.6. The van der Waals surface area contributed by atoms with Crippen LogP contribution < -0.4 is 0 Å². The van der Waals surface area contributed by atoms with Crippen LogP contribution in [0.2, 0.25) is 0 Å². The first-order valence-corrected chi connectivity index (χ1v) is 8.61. The molecule has 0 fully saturated rings. The highest BCUT2D eigenvalue weighted by atomic mass is 79.9. The lowest BCUT2D eigenvalue weighted by Gasteiger charge is -2.22. The molecule has 0 spiro atoms. The number of rotatable bonds is 12. The van der Waals surface area contributed by atoms with E-state index in [4.69, 9.17) is 0 Å². The lowest BCUT2D eigenvalue weighted by atomic mass is 10.1. The van der Waals surface area contributed by atoms with Crippen molar-refractivity contribution in [3.63, 3.8) is 0 Å². The molecule has 0 saturated carbocycles. The van der Waals surface area contributed by atoms with E-state index in [1.54, 1.807) is 0 Å². The van der Waals surface area contributed by atoms with Gasteiger partial charge in [0.2, 0.25) is 0 Å². The second-order valence-corrected chi connectivity index (χ2v) is 6.24. The molecule has 0 atom stereocenters. The summed E-state index contributed by atoms with van der Waals surface area (Å²) in [5.41, 5.74) is 0. The Balaban J connectivity index is 3.25. The third-order valence-electron chi connectivity index (χ3n) is 3.18. The average molecular weight is 306 g/mol. The van der Waals surface area contributed by atoms with Gasteiger partial charge in [-0.05, 0) is 31.8 Å². The highest BCUT2D eigenvalue weighted by Crippen LogP contribution is 2.09. The predicted octanol–water partition coefficient (Wildman–Crippen LogP) is 5.09. The van der Waals surface area contributed by atoms with Gasteiger partial charge in [-0.2, -0.15) is 0 Å². The fourth-order valence-corrected chi connectivity index (χ4v) is 2.61. The number of unbranched alkanes of at least 4 members (excludes halogenated alkanes) is 6. The van der Waals surface area contributed by atoms with Crippen molar-refractivity contribution in [3.8, 4) is 0 Å². The molecule has 0 aliphatic heterocycles. The van der Waals surface area contributed by atoms with Crippen LogP contribution in [0.4, 0.5) is 0 Å². The highest BCUT2D eigenvalue weighted by molar-refractivity contribution is 9.09. The Morgan fingerprint density at radius 3 is 1.88 bits per heavy atom. The largest absolute Gasteiger partial charge is 0.303 e. The van der Waals surface area contributed by atoms with E-state index in [0.717, 1.165) is 5.92 Å². The summed E-state index contributed by atoms with van der Waals surface area (Å²) in [4.78, 5) is 2.59. The zero-order valence-electron chi connectivity index (χ0n) is 12.2. The first kappa shape index (κ1) is 17.4. The summed E-state index contributed by atoms with van der Waals surface area (Å²) in [6.45, 7) is 10.7. The maximum Gasteiger partial charge on any atom is 0.00313 e. The minimum absolute atomic E-state index is 0.805. The molecule has 0 heterocycles. The van der Waals surface area contributed by atoms with Crippen LogP contribution in [0.1, 0.15) is 65.7 Å². The van der Waals surface area contributed by atoms with Crippen LogP contribution in [0.3, 0.4) is 0 Å². The topological polar surface area (TPSA) is 3.24 Å². The fraction of sp³-hybridized carbons (Fsp3) is 1.00. The Bertz CT molecular complexity index is 148. The van der Waals surface area contributed by atoms with Gasteiger partial charge in [-0.3, -0.25) is 0 Å². The van der Waals surface area contributed by atoms with E-state index in [9.17, 15) is 0 Å². The maximum absolute atomic E-state index is 3.48. The van der Waals surface area contributed by atoms with E-state index < -0.39 is 0 Å². The molecular formula is C15H32BrN. The number of halogens is 1. The van der Waals surface area contributed by atoms with Crippen molar-refractivity contribution in [1.82, 2.24) is 4.90 Å². The minimum atomic E-state index is 0.805. The van der Waals surface area contributed by atoms with E-state index in [1.165, 1.54) is 69.9 Å². The molecule has 0 rings (SSSR count). The van der Waals surface area contributed by atoms with Crippen molar-refractivity contribution in [1.29, 1.82) is 0 Å². The quantitative estimate of drug-likeness (QED) is 0.358. The van der Waals surface area contributed by atoms with E-state index in [2.05, 4.69) is 41.6 Å². The molecule has 0 aliphatic rings. The number of hydrogen-bond donors (Lipinski definition) is 0. The van der Waals surface area contributed by atoms with Crippen molar-refractivity contribution in [2.75, 3.05) is 25.0 Å². The van der Waals surface area contributed by atoms with Gasteiger partial charge in [0.25, 0.3) is 0 Å². The first-order valence-electron chi connectivity index (χ1n) is 7.49. The van der Waals surface area contributed by atoms with Gasteiger partial charge in [-0.25, -0.2) is 0 Å². The average Bonchev–Trinajstić information content (AvgIpc) is 2.30. The van der Waals surface area contributed by atoms with Gasteiger partial charge in [-0.15, -0.1) is 0 Å². The van der Waals surface area contributed by atoms with E-state index in [-0.39, 0.29) is 0 Å². The van der Waals surface area contributed by atoms with Crippen LogP contribution in [0.15, 0.2) is 0 Å². The lowest BCUT2D eigenvalue weighted by Crippen LogP contribution is -2.28. The molecule has 0 unspecified atom stereocenters. The van der Waals surface area contributed by atoms with Crippen LogP contribution in [0.25, 0.3) is 0 Å². The van der Waals surface area contributed by atoms with E-state index in [1.807, 2.05) is 0 Å². The molecule has 0 aromatic heterocycles. The third-order valence-corrected chi connectivity index (χ3v) is 3.74. The van der Waals surface area contributed by atoms with E-state index >= 15 is 0 Å². The number of alkyl halides is 1. The zero-order valence-corrected chi connectivity index (χ0v) is 13.8. The molecule has 0 bridgehead atoms. The lowest BCUT2D eigenvalue weighted by molar-refractivity contribution is 0.250. The van der Waals surface area contributed by atoms with Crippen molar-refractivity contribution in [2.45, 2.75) is 65.7 Å². The third kappa shape index (κ3) is 12.7. The number of nitrogens with zero attached hydrogens (tertiary/aromatic N) is 1. The smallest absolute Gasteiger partial charge is 0.00313 e. The molecule has 0 aromatic carbocycles. The Morgan fingerprint density at radius 2 is 1.41 bits per heavy atom. The summed E-state index contributed by atoms with van der Waals surface area (Å²) >= 11 is 3.48.